The van der Waals surface area contributed by atoms with Gasteiger partial charge in [-0.05, 0) is 68.0 Å². The Morgan fingerprint density at radius 2 is 1.80 bits per heavy atom. The number of amides is 1. The van der Waals surface area contributed by atoms with E-state index in [1.165, 1.54) is 0 Å². The molecule has 0 aromatic heterocycles. The van der Waals surface area contributed by atoms with Crippen LogP contribution in [0.1, 0.15) is 25.0 Å². The molecule has 0 unspecified atom stereocenters. The van der Waals surface area contributed by atoms with Crippen LogP contribution in [0.5, 0.6) is 11.5 Å². The summed E-state index contributed by atoms with van der Waals surface area (Å²) in [7, 11) is 1.67. The molecular weight excluding hydrogens is 376 g/mol. The van der Waals surface area contributed by atoms with Crippen molar-refractivity contribution in [2.45, 2.75) is 19.4 Å². The standard InChI is InChI=1S/C25H28N2O3/c1-25(2)13-12-20-18-19(4-10-23(20)30-25)5-11-24(28)27-16-14-26(15-17-27)21-6-8-22(29-3)9-7-21/h4-13,18H,14-17H2,1-3H3/b11-5+. The Balaban J connectivity index is 1.34. The van der Waals surface area contributed by atoms with Crippen LogP contribution >= 0.6 is 0 Å². The smallest absolute Gasteiger partial charge is 0.246 e. The van der Waals surface area contributed by atoms with Gasteiger partial charge in [0.05, 0.1) is 7.11 Å². The third-order valence-corrected chi connectivity index (χ3v) is 5.52. The van der Waals surface area contributed by atoms with Gasteiger partial charge in [0.1, 0.15) is 17.1 Å². The van der Waals surface area contributed by atoms with E-state index in [1.54, 1.807) is 13.2 Å². The highest BCUT2D eigenvalue weighted by molar-refractivity contribution is 5.92. The SMILES string of the molecule is COc1ccc(N2CCN(C(=O)/C=C/c3ccc4c(c3)C=CC(C)(C)O4)CC2)cc1. The quantitative estimate of drug-likeness (QED) is 0.715. The molecule has 5 nitrogen and oxygen atoms in total. The third kappa shape index (κ3) is 4.51. The number of hydrogen-bond donors (Lipinski definition) is 0. The lowest BCUT2D eigenvalue weighted by atomic mass is 10.0. The number of anilines is 1. The van der Waals surface area contributed by atoms with E-state index < -0.39 is 0 Å². The van der Waals surface area contributed by atoms with Crippen LogP contribution in [0.2, 0.25) is 0 Å². The summed E-state index contributed by atoms with van der Waals surface area (Å²) >= 11 is 0. The number of rotatable bonds is 4. The van der Waals surface area contributed by atoms with E-state index in [0.717, 1.165) is 41.4 Å². The zero-order valence-electron chi connectivity index (χ0n) is 17.8. The van der Waals surface area contributed by atoms with Crippen LogP contribution in [0, 0.1) is 0 Å². The Morgan fingerprint density at radius 1 is 1.07 bits per heavy atom. The topological polar surface area (TPSA) is 42.0 Å². The molecule has 2 aliphatic rings. The first-order valence-corrected chi connectivity index (χ1v) is 10.3. The molecular formula is C25H28N2O3. The molecule has 5 heteroatoms. The summed E-state index contributed by atoms with van der Waals surface area (Å²) in [6, 6.07) is 14.1. The number of benzene rings is 2. The summed E-state index contributed by atoms with van der Waals surface area (Å²) in [6.45, 7) is 7.14. The minimum Gasteiger partial charge on any atom is -0.497 e. The van der Waals surface area contributed by atoms with Crippen molar-refractivity contribution in [2.75, 3.05) is 38.2 Å². The summed E-state index contributed by atoms with van der Waals surface area (Å²) in [5.74, 6) is 1.78. The van der Waals surface area contributed by atoms with Gasteiger partial charge in [-0.15, -0.1) is 0 Å². The van der Waals surface area contributed by atoms with Crippen LogP contribution in [0.25, 0.3) is 12.2 Å². The summed E-state index contributed by atoms with van der Waals surface area (Å²) < 4.78 is 11.2. The normalized spacial score (nSPS) is 17.6. The second kappa shape index (κ2) is 8.27. The molecule has 1 amide bonds. The van der Waals surface area contributed by atoms with Crippen molar-refractivity contribution in [3.63, 3.8) is 0 Å². The van der Waals surface area contributed by atoms with Crippen molar-refractivity contribution in [1.82, 2.24) is 4.90 Å². The van der Waals surface area contributed by atoms with Gasteiger partial charge in [-0.2, -0.15) is 0 Å². The lowest BCUT2D eigenvalue weighted by molar-refractivity contribution is -0.126. The number of piperazine rings is 1. The van der Waals surface area contributed by atoms with E-state index >= 15 is 0 Å². The van der Waals surface area contributed by atoms with E-state index in [-0.39, 0.29) is 11.5 Å². The van der Waals surface area contributed by atoms with E-state index in [2.05, 4.69) is 29.2 Å². The third-order valence-electron chi connectivity index (χ3n) is 5.52. The molecule has 2 heterocycles. The second-order valence-corrected chi connectivity index (χ2v) is 8.18. The molecule has 0 radical (unpaired) electrons. The van der Waals surface area contributed by atoms with E-state index in [9.17, 15) is 4.79 Å². The molecule has 4 rings (SSSR count). The minimum atomic E-state index is -0.283. The molecule has 0 spiro atoms. The van der Waals surface area contributed by atoms with Crippen LogP contribution < -0.4 is 14.4 Å². The van der Waals surface area contributed by atoms with Crippen LogP contribution in [0.15, 0.2) is 54.6 Å². The van der Waals surface area contributed by atoms with Gasteiger partial charge in [0.15, 0.2) is 0 Å². The van der Waals surface area contributed by atoms with E-state index in [1.807, 2.05) is 55.2 Å². The van der Waals surface area contributed by atoms with Crippen molar-refractivity contribution in [3.05, 3.63) is 65.7 Å². The molecule has 0 bridgehead atoms. The Hall–Kier alpha value is -3.21. The summed E-state index contributed by atoms with van der Waals surface area (Å²) in [5, 5.41) is 0. The number of fused-ring (bicyclic) bond motifs is 1. The minimum absolute atomic E-state index is 0.0510. The summed E-state index contributed by atoms with van der Waals surface area (Å²) in [5.41, 5.74) is 2.91. The predicted octanol–water partition coefficient (Wildman–Crippen LogP) is 4.24. The first-order valence-electron chi connectivity index (χ1n) is 10.3. The van der Waals surface area contributed by atoms with Crippen molar-refractivity contribution in [1.29, 1.82) is 0 Å². The van der Waals surface area contributed by atoms with E-state index in [4.69, 9.17) is 9.47 Å². The molecule has 0 atom stereocenters. The molecule has 2 aromatic carbocycles. The largest absolute Gasteiger partial charge is 0.497 e. The van der Waals surface area contributed by atoms with Crippen molar-refractivity contribution >= 4 is 23.7 Å². The number of carbonyl (C=O) groups excluding carboxylic acids is 1. The van der Waals surface area contributed by atoms with Gasteiger partial charge in [0.2, 0.25) is 5.91 Å². The fourth-order valence-electron chi connectivity index (χ4n) is 3.75. The average molecular weight is 405 g/mol. The van der Waals surface area contributed by atoms with Crippen LogP contribution in [0.4, 0.5) is 5.69 Å². The zero-order valence-corrected chi connectivity index (χ0v) is 17.8. The molecule has 2 aromatic rings. The second-order valence-electron chi connectivity index (χ2n) is 8.18. The highest BCUT2D eigenvalue weighted by atomic mass is 16.5. The molecule has 156 valence electrons. The maximum Gasteiger partial charge on any atom is 0.246 e. The van der Waals surface area contributed by atoms with Gasteiger partial charge in [-0.1, -0.05) is 12.1 Å². The van der Waals surface area contributed by atoms with Gasteiger partial charge in [0, 0.05) is 43.5 Å². The molecule has 0 saturated carbocycles. The molecule has 1 fully saturated rings. The van der Waals surface area contributed by atoms with Crippen molar-refractivity contribution in [2.24, 2.45) is 0 Å². The summed E-state index contributed by atoms with van der Waals surface area (Å²) in [6.07, 6.45) is 7.68. The van der Waals surface area contributed by atoms with Crippen LogP contribution in [-0.2, 0) is 4.79 Å². The Morgan fingerprint density at radius 3 is 2.50 bits per heavy atom. The average Bonchev–Trinajstić information content (AvgIpc) is 2.77. The lowest BCUT2D eigenvalue weighted by Crippen LogP contribution is -2.48. The monoisotopic (exact) mass is 404 g/mol. The first kappa shape index (κ1) is 20.1. The van der Waals surface area contributed by atoms with E-state index in [0.29, 0.717) is 13.1 Å². The highest BCUT2D eigenvalue weighted by Gasteiger charge is 2.22. The molecule has 0 aliphatic carbocycles. The van der Waals surface area contributed by atoms with Gasteiger partial charge < -0.3 is 19.3 Å². The number of ether oxygens (including phenoxy) is 2. The van der Waals surface area contributed by atoms with Crippen molar-refractivity contribution in [3.8, 4) is 11.5 Å². The zero-order chi connectivity index (χ0) is 21.1. The molecule has 0 N–H and O–H groups in total. The van der Waals surface area contributed by atoms with Gasteiger partial charge in [0.25, 0.3) is 0 Å². The number of nitrogens with zero attached hydrogens (tertiary/aromatic N) is 2. The van der Waals surface area contributed by atoms with Gasteiger partial charge >= 0.3 is 0 Å². The maximum absolute atomic E-state index is 12.6. The first-order chi connectivity index (χ1) is 14.4. The van der Waals surface area contributed by atoms with Crippen LogP contribution in [-0.4, -0.2) is 49.7 Å². The van der Waals surface area contributed by atoms with Crippen molar-refractivity contribution < 1.29 is 14.3 Å². The molecule has 30 heavy (non-hydrogen) atoms. The molecule has 2 aliphatic heterocycles. The predicted molar refractivity (Wildman–Crippen MR) is 121 cm³/mol. The fraction of sp³-hybridized carbons (Fsp3) is 0.320. The number of hydrogen-bond acceptors (Lipinski definition) is 4. The highest BCUT2D eigenvalue weighted by Crippen LogP contribution is 2.31. The summed E-state index contributed by atoms with van der Waals surface area (Å²) in [4.78, 5) is 16.8. The number of carbonyl (C=O) groups is 1. The molecule has 1 saturated heterocycles. The van der Waals surface area contributed by atoms with Crippen LogP contribution in [0.3, 0.4) is 0 Å². The van der Waals surface area contributed by atoms with Gasteiger partial charge in [-0.3, -0.25) is 4.79 Å². The Bertz CT molecular complexity index is 968. The maximum atomic E-state index is 12.6. The Kier molecular flexibility index (Phi) is 5.53. The van der Waals surface area contributed by atoms with Gasteiger partial charge in [-0.25, -0.2) is 0 Å². The fourth-order valence-corrected chi connectivity index (χ4v) is 3.75. The number of methoxy groups -OCH3 is 1. The Labute approximate surface area is 178 Å². The lowest BCUT2D eigenvalue weighted by Gasteiger charge is -2.35.